The predicted molar refractivity (Wildman–Crippen MR) is 64.4 cm³/mol. The summed E-state index contributed by atoms with van der Waals surface area (Å²) in [5.74, 6) is 1.10. The molecule has 16 heavy (non-hydrogen) atoms. The topological polar surface area (TPSA) is 29.5 Å². The van der Waals surface area contributed by atoms with Crippen LogP contribution < -0.4 is 4.74 Å². The molecule has 0 bridgehead atoms. The highest BCUT2D eigenvalue weighted by molar-refractivity contribution is 6.30. The van der Waals surface area contributed by atoms with E-state index in [0.717, 1.165) is 5.56 Å². The largest absolute Gasteiger partial charge is 0.504 e. The Hall–Kier alpha value is -1.67. The van der Waals surface area contributed by atoms with Gasteiger partial charge in [-0.25, -0.2) is 0 Å². The summed E-state index contributed by atoms with van der Waals surface area (Å²) in [6, 6.07) is 12.3. The Bertz CT molecular complexity index is 492. The van der Waals surface area contributed by atoms with Crippen LogP contribution in [-0.2, 0) is 0 Å². The van der Waals surface area contributed by atoms with Gasteiger partial charge in [-0.05, 0) is 31.2 Å². The van der Waals surface area contributed by atoms with E-state index < -0.39 is 0 Å². The first-order valence-electron chi connectivity index (χ1n) is 4.88. The molecule has 0 fully saturated rings. The molecule has 0 radical (unpaired) electrons. The van der Waals surface area contributed by atoms with Gasteiger partial charge in [-0.1, -0.05) is 29.3 Å². The van der Waals surface area contributed by atoms with Crippen LogP contribution in [0.1, 0.15) is 5.56 Å². The number of hydrogen-bond acceptors (Lipinski definition) is 2. The molecule has 0 saturated heterocycles. The molecule has 2 aromatic carbocycles. The monoisotopic (exact) mass is 234 g/mol. The van der Waals surface area contributed by atoms with Crippen molar-refractivity contribution in [3.63, 3.8) is 0 Å². The van der Waals surface area contributed by atoms with Gasteiger partial charge in [0.2, 0.25) is 0 Å². The SMILES string of the molecule is Cc1ccc(Oc2cc(Cl)ccc2O)cc1. The molecule has 1 N–H and O–H groups in total. The number of halogens is 1. The third kappa shape index (κ3) is 2.47. The van der Waals surface area contributed by atoms with Crippen molar-refractivity contribution in [2.45, 2.75) is 6.92 Å². The van der Waals surface area contributed by atoms with Crippen molar-refractivity contribution in [3.05, 3.63) is 53.1 Å². The minimum absolute atomic E-state index is 0.0741. The molecule has 0 unspecified atom stereocenters. The molecule has 82 valence electrons. The van der Waals surface area contributed by atoms with Crippen LogP contribution in [0.3, 0.4) is 0 Å². The molecule has 0 aliphatic heterocycles. The Labute approximate surface area is 99.1 Å². The van der Waals surface area contributed by atoms with Crippen molar-refractivity contribution < 1.29 is 9.84 Å². The molecule has 3 heteroatoms. The fraction of sp³-hybridized carbons (Fsp3) is 0.0769. The predicted octanol–water partition coefficient (Wildman–Crippen LogP) is 4.15. The van der Waals surface area contributed by atoms with Gasteiger partial charge >= 0.3 is 0 Å². The maximum atomic E-state index is 9.57. The van der Waals surface area contributed by atoms with E-state index in [1.807, 2.05) is 31.2 Å². The minimum Gasteiger partial charge on any atom is -0.504 e. The Morgan fingerprint density at radius 1 is 1.06 bits per heavy atom. The molecule has 0 aliphatic rings. The number of benzene rings is 2. The maximum Gasteiger partial charge on any atom is 0.170 e. The second-order valence-electron chi connectivity index (χ2n) is 3.53. The van der Waals surface area contributed by atoms with E-state index in [9.17, 15) is 5.11 Å². The van der Waals surface area contributed by atoms with E-state index in [1.54, 1.807) is 12.1 Å². The summed E-state index contributed by atoms with van der Waals surface area (Å²) in [4.78, 5) is 0. The molecule has 0 heterocycles. The molecular weight excluding hydrogens is 224 g/mol. The van der Waals surface area contributed by atoms with Crippen LogP contribution in [-0.4, -0.2) is 5.11 Å². The number of rotatable bonds is 2. The third-order valence-electron chi connectivity index (χ3n) is 2.17. The quantitative estimate of drug-likeness (QED) is 0.846. The first kappa shape index (κ1) is 10.8. The highest BCUT2D eigenvalue weighted by Crippen LogP contribution is 2.32. The van der Waals surface area contributed by atoms with Gasteiger partial charge in [-0.2, -0.15) is 0 Å². The number of aryl methyl sites for hydroxylation is 1. The fourth-order valence-corrected chi connectivity index (χ4v) is 1.47. The molecule has 2 aromatic rings. The highest BCUT2D eigenvalue weighted by atomic mass is 35.5. The van der Waals surface area contributed by atoms with Crippen LogP contribution in [0.25, 0.3) is 0 Å². The van der Waals surface area contributed by atoms with E-state index in [0.29, 0.717) is 16.5 Å². The smallest absolute Gasteiger partial charge is 0.170 e. The summed E-state index contributed by atoms with van der Waals surface area (Å²) in [5, 5.41) is 10.1. The van der Waals surface area contributed by atoms with Crippen molar-refractivity contribution in [2.24, 2.45) is 0 Å². The normalized spacial score (nSPS) is 10.1. The Kier molecular flexibility index (Phi) is 3.02. The van der Waals surface area contributed by atoms with Gasteiger partial charge in [0, 0.05) is 11.1 Å². The van der Waals surface area contributed by atoms with Crippen LogP contribution in [0.4, 0.5) is 0 Å². The molecule has 0 aromatic heterocycles. The summed E-state index contributed by atoms with van der Waals surface area (Å²) in [5.41, 5.74) is 1.16. The number of phenols is 1. The van der Waals surface area contributed by atoms with Crippen LogP contribution in [0.15, 0.2) is 42.5 Å². The van der Waals surface area contributed by atoms with Gasteiger partial charge < -0.3 is 9.84 Å². The van der Waals surface area contributed by atoms with Gasteiger partial charge in [0.15, 0.2) is 11.5 Å². The van der Waals surface area contributed by atoms with E-state index in [1.165, 1.54) is 6.07 Å². The lowest BCUT2D eigenvalue weighted by Gasteiger charge is -2.07. The van der Waals surface area contributed by atoms with Crippen LogP contribution in [0.5, 0.6) is 17.2 Å². The molecule has 0 amide bonds. The molecular formula is C13H11ClO2. The summed E-state index contributed by atoms with van der Waals surface area (Å²) >= 11 is 5.82. The standard InChI is InChI=1S/C13H11ClO2/c1-9-2-5-11(6-3-9)16-13-8-10(14)4-7-12(13)15/h2-8,15H,1H3. The Morgan fingerprint density at radius 3 is 2.44 bits per heavy atom. The van der Waals surface area contributed by atoms with E-state index in [4.69, 9.17) is 16.3 Å². The number of aromatic hydroxyl groups is 1. The van der Waals surface area contributed by atoms with Crippen LogP contribution in [0, 0.1) is 6.92 Å². The first-order valence-corrected chi connectivity index (χ1v) is 5.26. The van der Waals surface area contributed by atoms with Crippen LogP contribution >= 0.6 is 11.6 Å². The van der Waals surface area contributed by atoms with E-state index in [-0.39, 0.29) is 5.75 Å². The van der Waals surface area contributed by atoms with Crippen molar-refractivity contribution in [1.82, 2.24) is 0 Å². The minimum atomic E-state index is 0.0741. The number of phenolic OH excluding ortho intramolecular Hbond substituents is 1. The van der Waals surface area contributed by atoms with E-state index >= 15 is 0 Å². The van der Waals surface area contributed by atoms with Crippen molar-refractivity contribution in [2.75, 3.05) is 0 Å². The molecule has 0 spiro atoms. The summed E-state index contributed by atoms with van der Waals surface area (Å²) in [6.45, 7) is 2.00. The summed E-state index contributed by atoms with van der Waals surface area (Å²) < 4.78 is 5.51. The second kappa shape index (κ2) is 4.45. The third-order valence-corrected chi connectivity index (χ3v) is 2.41. The lowest BCUT2D eigenvalue weighted by atomic mass is 10.2. The molecule has 2 nitrogen and oxygen atoms in total. The maximum absolute atomic E-state index is 9.57. The van der Waals surface area contributed by atoms with Gasteiger partial charge in [0.25, 0.3) is 0 Å². The molecule has 0 aliphatic carbocycles. The van der Waals surface area contributed by atoms with Crippen molar-refractivity contribution >= 4 is 11.6 Å². The molecule has 0 saturated carbocycles. The van der Waals surface area contributed by atoms with Crippen molar-refractivity contribution in [3.8, 4) is 17.2 Å². The number of hydrogen-bond donors (Lipinski definition) is 1. The summed E-state index contributed by atoms with van der Waals surface area (Å²) in [6.07, 6.45) is 0. The van der Waals surface area contributed by atoms with Gasteiger partial charge in [-0.3, -0.25) is 0 Å². The average Bonchev–Trinajstić information content (AvgIpc) is 2.27. The Morgan fingerprint density at radius 2 is 1.75 bits per heavy atom. The lowest BCUT2D eigenvalue weighted by Crippen LogP contribution is -1.85. The average molecular weight is 235 g/mol. The number of ether oxygens (including phenoxy) is 1. The fourth-order valence-electron chi connectivity index (χ4n) is 1.30. The van der Waals surface area contributed by atoms with Crippen LogP contribution in [0.2, 0.25) is 5.02 Å². The zero-order valence-corrected chi connectivity index (χ0v) is 9.53. The molecule has 0 atom stereocenters. The highest BCUT2D eigenvalue weighted by Gasteiger charge is 2.04. The van der Waals surface area contributed by atoms with Gasteiger partial charge in [-0.15, -0.1) is 0 Å². The second-order valence-corrected chi connectivity index (χ2v) is 3.96. The first-order chi connectivity index (χ1) is 7.65. The Balaban J connectivity index is 2.26. The summed E-state index contributed by atoms with van der Waals surface area (Å²) in [7, 11) is 0. The van der Waals surface area contributed by atoms with Crippen molar-refractivity contribution in [1.29, 1.82) is 0 Å². The zero-order valence-electron chi connectivity index (χ0n) is 8.77. The lowest BCUT2D eigenvalue weighted by molar-refractivity contribution is 0.411. The van der Waals surface area contributed by atoms with Gasteiger partial charge in [0.05, 0.1) is 0 Å². The van der Waals surface area contributed by atoms with Gasteiger partial charge in [0.1, 0.15) is 5.75 Å². The zero-order chi connectivity index (χ0) is 11.5. The van der Waals surface area contributed by atoms with E-state index in [2.05, 4.69) is 0 Å². The molecule has 2 rings (SSSR count).